The molecule has 7 nitrogen and oxygen atoms in total. The van der Waals surface area contributed by atoms with Crippen molar-refractivity contribution in [2.75, 3.05) is 18.9 Å². The van der Waals surface area contributed by atoms with Crippen LogP contribution >= 0.6 is 0 Å². The van der Waals surface area contributed by atoms with E-state index in [0.29, 0.717) is 11.4 Å². The molecular weight excluding hydrogens is 322 g/mol. The Morgan fingerprint density at radius 3 is 2.46 bits per heavy atom. The second-order valence-electron chi connectivity index (χ2n) is 4.73. The van der Waals surface area contributed by atoms with Gasteiger partial charge in [0.1, 0.15) is 11.6 Å². The summed E-state index contributed by atoms with van der Waals surface area (Å²) in [5.74, 6) is 0.0594. The van der Waals surface area contributed by atoms with Crippen molar-refractivity contribution in [3.05, 3.63) is 47.7 Å². The predicted molar refractivity (Wildman–Crippen MR) is 81.9 cm³/mol. The molecule has 1 unspecified atom stereocenters. The van der Waals surface area contributed by atoms with E-state index in [-0.39, 0.29) is 23.9 Å². The number of rotatable bonds is 7. The van der Waals surface area contributed by atoms with Crippen molar-refractivity contribution >= 4 is 11.7 Å². The maximum atomic E-state index is 12.1. The molecule has 0 aliphatic heterocycles. The first-order valence-electron chi connectivity index (χ1n) is 7.02. The minimum atomic E-state index is -2.89. The van der Waals surface area contributed by atoms with Gasteiger partial charge in [-0.05, 0) is 29.8 Å². The van der Waals surface area contributed by atoms with E-state index in [0.717, 1.165) is 0 Å². The van der Waals surface area contributed by atoms with E-state index in [9.17, 15) is 18.7 Å². The fraction of sp³-hybridized carbons (Fsp3) is 0.267. The molecular formula is C15H16F2N4O3. The fourth-order valence-corrected chi connectivity index (χ4v) is 1.87. The van der Waals surface area contributed by atoms with E-state index in [2.05, 4.69) is 25.6 Å². The fourth-order valence-electron chi connectivity index (χ4n) is 1.87. The van der Waals surface area contributed by atoms with Crippen molar-refractivity contribution in [1.82, 2.24) is 15.5 Å². The highest BCUT2D eigenvalue weighted by molar-refractivity contribution is 5.91. The van der Waals surface area contributed by atoms with Gasteiger partial charge < -0.3 is 20.5 Å². The molecule has 1 atom stereocenters. The minimum Gasteiger partial charge on any atom is -0.435 e. The summed E-state index contributed by atoms with van der Waals surface area (Å²) >= 11 is 0. The van der Waals surface area contributed by atoms with Crippen LogP contribution in [0.1, 0.15) is 22.2 Å². The Labute approximate surface area is 136 Å². The quantitative estimate of drug-likeness (QED) is 0.709. The summed E-state index contributed by atoms with van der Waals surface area (Å²) < 4.78 is 28.4. The molecule has 1 heterocycles. The number of aromatic nitrogens is 2. The summed E-state index contributed by atoms with van der Waals surface area (Å²) in [5.41, 5.74) is 0.706. The molecule has 0 spiro atoms. The Balaban J connectivity index is 1.90. The third-order valence-corrected chi connectivity index (χ3v) is 3.09. The van der Waals surface area contributed by atoms with Crippen LogP contribution in [0.5, 0.6) is 5.75 Å². The van der Waals surface area contributed by atoms with Gasteiger partial charge in [0.05, 0.1) is 6.10 Å². The van der Waals surface area contributed by atoms with Crippen LogP contribution in [0.2, 0.25) is 0 Å². The summed E-state index contributed by atoms with van der Waals surface area (Å²) in [6.07, 6.45) is -0.883. The maximum Gasteiger partial charge on any atom is 0.387 e. The molecule has 0 aliphatic rings. The molecule has 2 aromatic rings. The molecule has 2 rings (SSSR count). The highest BCUT2D eigenvalue weighted by atomic mass is 19.3. The van der Waals surface area contributed by atoms with Crippen LogP contribution in [0.3, 0.4) is 0 Å². The van der Waals surface area contributed by atoms with Crippen LogP contribution < -0.4 is 15.4 Å². The van der Waals surface area contributed by atoms with Crippen molar-refractivity contribution < 1.29 is 23.4 Å². The van der Waals surface area contributed by atoms with Gasteiger partial charge in [-0.3, -0.25) is 4.79 Å². The smallest absolute Gasteiger partial charge is 0.387 e. The first kappa shape index (κ1) is 17.5. The second-order valence-corrected chi connectivity index (χ2v) is 4.73. The molecule has 0 aliphatic carbocycles. The number of alkyl halides is 2. The van der Waals surface area contributed by atoms with Gasteiger partial charge in [-0.15, -0.1) is 10.2 Å². The number of nitrogens with zero attached hydrogens (tertiary/aromatic N) is 2. The average molecular weight is 338 g/mol. The van der Waals surface area contributed by atoms with Crippen LogP contribution in [0.25, 0.3) is 0 Å². The summed E-state index contributed by atoms with van der Waals surface area (Å²) in [6.45, 7) is -2.76. The van der Waals surface area contributed by atoms with Crippen LogP contribution in [0.15, 0.2) is 36.4 Å². The van der Waals surface area contributed by atoms with Crippen LogP contribution in [0.4, 0.5) is 14.6 Å². The molecule has 128 valence electrons. The zero-order valence-electron chi connectivity index (χ0n) is 12.7. The van der Waals surface area contributed by atoms with Crippen molar-refractivity contribution in [1.29, 1.82) is 0 Å². The molecule has 1 aromatic heterocycles. The second kappa shape index (κ2) is 8.16. The third-order valence-electron chi connectivity index (χ3n) is 3.09. The first-order chi connectivity index (χ1) is 11.5. The van der Waals surface area contributed by atoms with Gasteiger partial charge in [-0.1, -0.05) is 12.1 Å². The van der Waals surface area contributed by atoms with E-state index >= 15 is 0 Å². The summed E-state index contributed by atoms with van der Waals surface area (Å²) in [4.78, 5) is 11.3. The van der Waals surface area contributed by atoms with Crippen LogP contribution in [0, 0.1) is 0 Å². The normalized spacial score (nSPS) is 11.9. The molecule has 0 bridgehead atoms. The number of anilines is 1. The average Bonchev–Trinajstić information content (AvgIpc) is 2.59. The predicted octanol–water partition coefficient (Wildman–Crippen LogP) is 1.58. The van der Waals surface area contributed by atoms with Gasteiger partial charge in [-0.2, -0.15) is 8.78 Å². The van der Waals surface area contributed by atoms with E-state index < -0.39 is 12.7 Å². The van der Waals surface area contributed by atoms with Gasteiger partial charge in [0, 0.05) is 13.6 Å². The molecule has 1 amide bonds. The van der Waals surface area contributed by atoms with Gasteiger partial charge in [0.2, 0.25) is 0 Å². The SMILES string of the molecule is CNC(=O)c1ccc(NCC(O)c2ccc(OC(F)F)cc2)nn1. The standard InChI is InChI=1S/C15H16F2N4O3/c1-18-14(23)11-6-7-13(21-20-11)19-8-12(22)9-2-4-10(5-3-9)24-15(16)17/h2-7,12,15,22H,8H2,1H3,(H,18,23)(H,19,21). The topological polar surface area (TPSA) is 96.4 Å². The number of aliphatic hydroxyl groups excluding tert-OH is 1. The minimum absolute atomic E-state index is 0.0181. The molecule has 3 N–H and O–H groups in total. The van der Waals surface area contributed by atoms with Crippen LogP contribution in [-0.2, 0) is 0 Å². The van der Waals surface area contributed by atoms with Gasteiger partial charge in [0.15, 0.2) is 5.69 Å². The van der Waals surface area contributed by atoms with E-state index in [4.69, 9.17) is 0 Å². The Kier molecular flexibility index (Phi) is 5.96. The lowest BCUT2D eigenvalue weighted by Gasteiger charge is -2.13. The molecule has 24 heavy (non-hydrogen) atoms. The van der Waals surface area contributed by atoms with E-state index in [1.54, 1.807) is 6.07 Å². The Morgan fingerprint density at radius 2 is 1.92 bits per heavy atom. The monoisotopic (exact) mass is 338 g/mol. The van der Waals surface area contributed by atoms with Crippen molar-refractivity contribution in [3.8, 4) is 5.75 Å². The number of aliphatic hydroxyl groups is 1. The lowest BCUT2D eigenvalue weighted by Crippen LogP contribution is -2.20. The number of nitrogens with one attached hydrogen (secondary N) is 2. The first-order valence-corrected chi connectivity index (χ1v) is 7.02. The number of benzene rings is 1. The lowest BCUT2D eigenvalue weighted by atomic mass is 10.1. The largest absolute Gasteiger partial charge is 0.435 e. The zero-order chi connectivity index (χ0) is 17.5. The van der Waals surface area contributed by atoms with Crippen molar-refractivity contribution in [2.24, 2.45) is 0 Å². The van der Waals surface area contributed by atoms with Crippen molar-refractivity contribution in [2.45, 2.75) is 12.7 Å². The number of ether oxygens (including phenoxy) is 1. The highest BCUT2D eigenvalue weighted by Gasteiger charge is 2.10. The third kappa shape index (κ3) is 4.85. The molecule has 9 heteroatoms. The van der Waals surface area contributed by atoms with Gasteiger partial charge in [0.25, 0.3) is 5.91 Å². The van der Waals surface area contributed by atoms with E-state index in [1.807, 2.05) is 0 Å². The van der Waals surface area contributed by atoms with Gasteiger partial charge in [-0.25, -0.2) is 0 Å². The van der Waals surface area contributed by atoms with Gasteiger partial charge >= 0.3 is 6.61 Å². The summed E-state index contributed by atoms with van der Waals surface area (Å²) in [6, 6.07) is 8.74. The number of hydrogen-bond acceptors (Lipinski definition) is 6. The highest BCUT2D eigenvalue weighted by Crippen LogP contribution is 2.19. The number of carbonyl (C=O) groups is 1. The summed E-state index contributed by atoms with van der Waals surface area (Å²) in [5, 5.41) is 22.9. The Hall–Kier alpha value is -2.81. The summed E-state index contributed by atoms with van der Waals surface area (Å²) in [7, 11) is 1.49. The molecule has 0 fully saturated rings. The maximum absolute atomic E-state index is 12.1. The molecule has 0 saturated heterocycles. The Bertz CT molecular complexity index is 665. The molecule has 0 saturated carbocycles. The van der Waals surface area contributed by atoms with Crippen molar-refractivity contribution in [3.63, 3.8) is 0 Å². The van der Waals surface area contributed by atoms with E-state index in [1.165, 1.54) is 37.4 Å². The molecule has 0 radical (unpaired) electrons. The number of amides is 1. The van der Waals surface area contributed by atoms with Crippen LogP contribution in [-0.4, -0.2) is 41.4 Å². The zero-order valence-corrected chi connectivity index (χ0v) is 12.7. The lowest BCUT2D eigenvalue weighted by molar-refractivity contribution is -0.0498. The number of halogens is 2. The molecule has 1 aromatic carbocycles. The number of hydrogen-bond donors (Lipinski definition) is 3. The Morgan fingerprint density at radius 1 is 1.21 bits per heavy atom. The number of carbonyl (C=O) groups excluding carboxylic acids is 1.